The third kappa shape index (κ3) is 1.20. The lowest BCUT2D eigenvalue weighted by atomic mass is 9.77. The molecule has 0 unspecified atom stereocenters. The number of nitrogens with zero attached hydrogens (tertiary/aromatic N) is 1. The molecule has 1 aliphatic heterocycles. The Bertz CT molecular complexity index is 112. The molecule has 0 aromatic rings. The number of rotatable bonds is 2. The molecule has 0 bridgehead atoms. The van der Waals surface area contributed by atoms with Gasteiger partial charge in [0, 0.05) is 13.1 Å². The van der Waals surface area contributed by atoms with Crippen LogP contribution in [0.1, 0.15) is 25.7 Å². The van der Waals surface area contributed by atoms with Gasteiger partial charge in [-0.3, -0.25) is 0 Å². The fourth-order valence-corrected chi connectivity index (χ4v) is 2.18. The molecule has 2 fully saturated rings. The fourth-order valence-electron chi connectivity index (χ4n) is 2.18. The zero-order valence-corrected chi connectivity index (χ0v) is 6.84. The van der Waals surface area contributed by atoms with Crippen molar-refractivity contribution in [3.63, 3.8) is 0 Å². The van der Waals surface area contributed by atoms with Crippen LogP contribution in [0.2, 0.25) is 0 Å². The third-order valence-electron chi connectivity index (χ3n) is 3.03. The Morgan fingerprint density at radius 1 is 1.20 bits per heavy atom. The summed E-state index contributed by atoms with van der Waals surface area (Å²) in [5, 5.41) is 0. The molecule has 0 spiro atoms. The van der Waals surface area contributed by atoms with Crippen LogP contribution in [0.3, 0.4) is 0 Å². The smallest absolute Gasteiger partial charge is 0.00191 e. The molecule has 1 heteroatoms. The minimum atomic E-state index is 1.07. The predicted octanol–water partition coefficient (Wildman–Crippen LogP) is 1.74. The van der Waals surface area contributed by atoms with Gasteiger partial charge in [-0.15, -0.1) is 0 Å². The summed E-state index contributed by atoms with van der Waals surface area (Å²) in [5.41, 5.74) is 0. The first kappa shape index (κ1) is 6.66. The molecule has 10 heavy (non-hydrogen) atoms. The van der Waals surface area contributed by atoms with Crippen LogP contribution >= 0.6 is 0 Å². The van der Waals surface area contributed by atoms with E-state index in [1.807, 2.05) is 0 Å². The van der Waals surface area contributed by atoms with Crippen LogP contribution < -0.4 is 0 Å². The second-order valence-electron chi connectivity index (χ2n) is 4.12. The first-order valence-electron chi connectivity index (χ1n) is 4.53. The maximum atomic E-state index is 2.42. The Balaban J connectivity index is 1.62. The lowest BCUT2D eigenvalue weighted by Gasteiger charge is -2.40. The Hall–Kier alpha value is -0.0400. The Labute approximate surface area is 63.4 Å². The summed E-state index contributed by atoms with van der Waals surface area (Å²) in [5.74, 6) is 2.19. The van der Waals surface area contributed by atoms with Crippen LogP contribution in [0.25, 0.3) is 0 Å². The van der Waals surface area contributed by atoms with Gasteiger partial charge < -0.3 is 4.90 Å². The summed E-state index contributed by atoms with van der Waals surface area (Å²) in [6, 6.07) is 0. The summed E-state index contributed by atoms with van der Waals surface area (Å²) in [7, 11) is 2.22. The maximum absolute atomic E-state index is 2.42. The van der Waals surface area contributed by atoms with Gasteiger partial charge in [0.05, 0.1) is 0 Å². The van der Waals surface area contributed by atoms with Crippen molar-refractivity contribution < 1.29 is 0 Å². The van der Waals surface area contributed by atoms with E-state index in [9.17, 15) is 0 Å². The van der Waals surface area contributed by atoms with Gasteiger partial charge in [0.25, 0.3) is 0 Å². The minimum Gasteiger partial charge on any atom is -0.306 e. The van der Waals surface area contributed by atoms with Crippen molar-refractivity contribution in [3.8, 4) is 0 Å². The molecule has 0 aromatic carbocycles. The van der Waals surface area contributed by atoms with Crippen LogP contribution in [0, 0.1) is 11.8 Å². The summed E-state index contributed by atoms with van der Waals surface area (Å²) in [4.78, 5) is 2.42. The molecular weight excluding hydrogens is 122 g/mol. The molecule has 0 N–H and O–H groups in total. The van der Waals surface area contributed by atoms with Crippen molar-refractivity contribution in [2.75, 3.05) is 20.1 Å². The van der Waals surface area contributed by atoms with Crippen LogP contribution in [-0.2, 0) is 0 Å². The van der Waals surface area contributed by atoms with E-state index in [4.69, 9.17) is 0 Å². The van der Waals surface area contributed by atoms with Gasteiger partial charge in [-0.25, -0.2) is 0 Å². The van der Waals surface area contributed by atoms with E-state index in [-0.39, 0.29) is 0 Å². The Kier molecular flexibility index (Phi) is 1.69. The predicted molar refractivity (Wildman–Crippen MR) is 42.9 cm³/mol. The quantitative estimate of drug-likeness (QED) is 0.563. The molecule has 1 saturated heterocycles. The number of hydrogen-bond donors (Lipinski definition) is 0. The van der Waals surface area contributed by atoms with Gasteiger partial charge >= 0.3 is 0 Å². The van der Waals surface area contributed by atoms with Crippen molar-refractivity contribution in [3.05, 3.63) is 0 Å². The van der Waals surface area contributed by atoms with E-state index < -0.39 is 0 Å². The van der Waals surface area contributed by atoms with Crippen LogP contribution in [0.15, 0.2) is 0 Å². The SMILES string of the molecule is CN1CC(CC2CCC2)C1. The van der Waals surface area contributed by atoms with E-state index in [0.29, 0.717) is 0 Å². The molecule has 2 aliphatic rings. The topological polar surface area (TPSA) is 3.24 Å². The summed E-state index contributed by atoms with van der Waals surface area (Å²) < 4.78 is 0. The molecule has 2 rings (SSSR count). The first-order valence-corrected chi connectivity index (χ1v) is 4.53. The molecule has 58 valence electrons. The van der Waals surface area contributed by atoms with Gasteiger partial charge in [0.15, 0.2) is 0 Å². The molecule has 0 aromatic heterocycles. The van der Waals surface area contributed by atoms with E-state index >= 15 is 0 Å². The lowest BCUT2D eigenvalue weighted by molar-refractivity contribution is 0.0939. The molecule has 1 saturated carbocycles. The first-order chi connectivity index (χ1) is 4.84. The van der Waals surface area contributed by atoms with E-state index in [1.54, 1.807) is 0 Å². The van der Waals surface area contributed by atoms with Crippen molar-refractivity contribution in [2.24, 2.45) is 11.8 Å². The highest BCUT2D eigenvalue weighted by Gasteiger charge is 2.28. The molecule has 0 atom stereocenters. The lowest BCUT2D eigenvalue weighted by Crippen LogP contribution is -2.44. The third-order valence-corrected chi connectivity index (χ3v) is 3.03. The highest BCUT2D eigenvalue weighted by atomic mass is 15.2. The molecule has 0 amide bonds. The average molecular weight is 139 g/mol. The van der Waals surface area contributed by atoms with Gasteiger partial charge in [-0.2, -0.15) is 0 Å². The van der Waals surface area contributed by atoms with Crippen molar-refractivity contribution >= 4 is 0 Å². The average Bonchev–Trinajstić information content (AvgIpc) is 1.72. The van der Waals surface area contributed by atoms with Crippen molar-refractivity contribution in [1.82, 2.24) is 4.90 Å². The van der Waals surface area contributed by atoms with Gasteiger partial charge in [0.1, 0.15) is 0 Å². The Morgan fingerprint density at radius 3 is 2.30 bits per heavy atom. The minimum absolute atomic E-state index is 1.07. The number of hydrogen-bond acceptors (Lipinski definition) is 1. The molecule has 1 aliphatic carbocycles. The second-order valence-corrected chi connectivity index (χ2v) is 4.12. The van der Waals surface area contributed by atoms with Crippen LogP contribution in [0.5, 0.6) is 0 Å². The molecule has 1 heterocycles. The van der Waals surface area contributed by atoms with Crippen molar-refractivity contribution in [2.45, 2.75) is 25.7 Å². The number of likely N-dealkylation sites (tertiary alicyclic amines) is 1. The molecule has 0 radical (unpaired) electrons. The highest BCUT2D eigenvalue weighted by molar-refractivity contribution is 4.81. The zero-order valence-electron chi connectivity index (χ0n) is 6.84. The molecule has 1 nitrogen and oxygen atoms in total. The normalized spacial score (nSPS) is 29.7. The monoisotopic (exact) mass is 139 g/mol. The van der Waals surface area contributed by atoms with Gasteiger partial charge in [-0.05, 0) is 25.3 Å². The largest absolute Gasteiger partial charge is 0.306 e. The second kappa shape index (κ2) is 2.54. The van der Waals surface area contributed by atoms with Crippen LogP contribution in [0.4, 0.5) is 0 Å². The standard InChI is InChI=1S/C9H17N/c1-10-6-9(7-10)5-8-3-2-4-8/h8-9H,2-7H2,1H3. The highest BCUT2D eigenvalue weighted by Crippen LogP contribution is 2.34. The fraction of sp³-hybridized carbons (Fsp3) is 1.00. The van der Waals surface area contributed by atoms with Gasteiger partial charge in [0.2, 0.25) is 0 Å². The zero-order chi connectivity index (χ0) is 6.97. The van der Waals surface area contributed by atoms with E-state index in [2.05, 4.69) is 11.9 Å². The summed E-state index contributed by atoms with van der Waals surface area (Å²) >= 11 is 0. The summed E-state index contributed by atoms with van der Waals surface area (Å²) in [6.07, 6.45) is 6.10. The molecular formula is C9H17N. The Morgan fingerprint density at radius 2 is 1.90 bits per heavy atom. The maximum Gasteiger partial charge on any atom is 0.00191 e. The van der Waals surface area contributed by atoms with Gasteiger partial charge in [-0.1, -0.05) is 19.3 Å². The van der Waals surface area contributed by atoms with E-state index in [0.717, 1.165) is 11.8 Å². The summed E-state index contributed by atoms with van der Waals surface area (Å²) in [6.45, 7) is 2.74. The van der Waals surface area contributed by atoms with Crippen molar-refractivity contribution in [1.29, 1.82) is 0 Å². The van der Waals surface area contributed by atoms with Crippen LogP contribution in [-0.4, -0.2) is 25.0 Å². The van der Waals surface area contributed by atoms with E-state index in [1.165, 1.54) is 38.8 Å².